The first-order valence-corrected chi connectivity index (χ1v) is 10.7. The molecule has 0 spiro atoms. The summed E-state index contributed by atoms with van der Waals surface area (Å²) in [7, 11) is 1.62. The Balaban J connectivity index is 1.41. The molecule has 0 unspecified atom stereocenters. The molecule has 1 heterocycles. The molecular formula is C24H31ClN2O3. The highest BCUT2D eigenvalue weighted by atomic mass is 35.5. The molecule has 3 rings (SSSR count). The number of nitrogens with zero attached hydrogens (tertiary/aromatic N) is 2. The minimum atomic E-state index is -0.551. The molecule has 30 heavy (non-hydrogen) atoms. The zero-order valence-electron chi connectivity index (χ0n) is 17.6. The number of halogens is 1. The van der Waals surface area contributed by atoms with Gasteiger partial charge in [-0.25, -0.2) is 0 Å². The molecule has 0 radical (unpaired) electrons. The van der Waals surface area contributed by atoms with E-state index in [2.05, 4.69) is 28.5 Å². The minimum Gasteiger partial charge on any atom is -0.493 e. The van der Waals surface area contributed by atoms with Crippen molar-refractivity contribution in [3.8, 4) is 11.5 Å². The summed E-state index contributed by atoms with van der Waals surface area (Å²) < 4.78 is 11.2. The topological polar surface area (TPSA) is 45.2 Å². The number of hydrogen-bond donors (Lipinski definition) is 1. The fourth-order valence-corrected chi connectivity index (χ4v) is 3.77. The summed E-state index contributed by atoms with van der Waals surface area (Å²) in [5.41, 5.74) is 2.39. The number of aliphatic hydroxyl groups excluding tert-OH is 1. The van der Waals surface area contributed by atoms with Crippen LogP contribution in [0.15, 0.2) is 55.1 Å². The van der Waals surface area contributed by atoms with Gasteiger partial charge in [0, 0.05) is 44.3 Å². The van der Waals surface area contributed by atoms with Crippen LogP contribution in [-0.4, -0.2) is 67.5 Å². The Hall–Kier alpha value is -2.05. The first kappa shape index (κ1) is 22.6. The normalized spacial score (nSPS) is 16.2. The van der Waals surface area contributed by atoms with Crippen LogP contribution in [0, 0.1) is 0 Å². The first-order valence-electron chi connectivity index (χ1n) is 10.3. The highest BCUT2D eigenvalue weighted by Crippen LogP contribution is 2.28. The monoisotopic (exact) mass is 430 g/mol. The van der Waals surface area contributed by atoms with Gasteiger partial charge in [0.15, 0.2) is 11.5 Å². The van der Waals surface area contributed by atoms with Crippen LogP contribution in [0.2, 0.25) is 5.02 Å². The van der Waals surface area contributed by atoms with Crippen molar-refractivity contribution in [3.63, 3.8) is 0 Å². The first-order chi connectivity index (χ1) is 14.6. The van der Waals surface area contributed by atoms with Gasteiger partial charge in [-0.2, -0.15) is 0 Å². The van der Waals surface area contributed by atoms with Crippen molar-refractivity contribution >= 4 is 11.6 Å². The van der Waals surface area contributed by atoms with Gasteiger partial charge in [-0.3, -0.25) is 9.80 Å². The molecule has 1 aliphatic rings. The molecule has 2 aromatic carbocycles. The molecule has 0 saturated carbocycles. The maximum absolute atomic E-state index is 10.4. The molecule has 1 N–H and O–H groups in total. The summed E-state index contributed by atoms with van der Waals surface area (Å²) in [5.74, 6) is 1.33. The van der Waals surface area contributed by atoms with Crippen LogP contribution in [0.4, 0.5) is 0 Å². The van der Waals surface area contributed by atoms with Crippen LogP contribution < -0.4 is 9.47 Å². The predicted molar refractivity (Wildman–Crippen MR) is 122 cm³/mol. The van der Waals surface area contributed by atoms with E-state index in [9.17, 15) is 5.11 Å². The van der Waals surface area contributed by atoms with Crippen molar-refractivity contribution in [2.45, 2.75) is 19.1 Å². The van der Waals surface area contributed by atoms with Gasteiger partial charge in [-0.05, 0) is 41.8 Å². The second kappa shape index (κ2) is 11.4. The second-order valence-electron chi connectivity index (χ2n) is 7.65. The van der Waals surface area contributed by atoms with E-state index in [1.807, 2.05) is 36.4 Å². The smallest absolute Gasteiger partial charge is 0.161 e. The lowest BCUT2D eigenvalue weighted by molar-refractivity contribution is 0.0440. The predicted octanol–water partition coefficient (Wildman–Crippen LogP) is 3.63. The third kappa shape index (κ3) is 6.74. The zero-order valence-corrected chi connectivity index (χ0v) is 18.4. The molecule has 1 fully saturated rings. The third-order valence-corrected chi connectivity index (χ3v) is 5.54. The van der Waals surface area contributed by atoms with Crippen molar-refractivity contribution in [1.29, 1.82) is 0 Å². The summed E-state index contributed by atoms with van der Waals surface area (Å²) in [6, 6.07) is 13.9. The van der Waals surface area contributed by atoms with Crippen LogP contribution in [0.5, 0.6) is 11.5 Å². The number of β-amino-alcohol motifs (C(OH)–C–C–N with tert-alkyl or cyclic N) is 1. The number of piperazine rings is 1. The van der Waals surface area contributed by atoms with Gasteiger partial charge in [0.1, 0.15) is 12.7 Å². The van der Waals surface area contributed by atoms with Gasteiger partial charge in [0.25, 0.3) is 0 Å². The van der Waals surface area contributed by atoms with E-state index in [1.165, 1.54) is 5.56 Å². The van der Waals surface area contributed by atoms with E-state index < -0.39 is 6.10 Å². The fourth-order valence-electron chi connectivity index (χ4n) is 3.64. The Kier molecular flexibility index (Phi) is 8.58. The molecule has 5 nitrogen and oxygen atoms in total. The van der Waals surface area contributed by atoms with Crippen molar-refractivity contribution in [2.24, 2.45) is 0 Å². The molecule has 0 aromatic heterocycles. The Labute approximate surface area is 184 Å². The number of methoxy groups -OCH3 is 1. The quantitative estimate of drug-likeness (QED) is 0.583. The standard InChI is InChI=1S/C24H31ClN2O3/c1-3-4-19-7-10-23(24(15-19)29-2)30-18-22(28)17-27-13-11-26(12-14-27)16-20-5-8-21(25)9-6-20/h3,5-10,15,22,28H,1,4,11-14,16-18H2,2H3/t22-/m0/s1. The SMILES string of the molecule is C=CCc1ccc(OC[C@@H](O)CN2CCN(Cc3ccc(Cl)cc3)CC2)c(OC)c1. The van der Waals surface area contributed by atoms with Gasteiger partial charge >= 0.3 is 0 Å². The molecule has 1 saturated heterocycles. The number of hydrogen-bond acceptors (Lipinski definition) is 5. The minimum absolute atomic E-state index is 0.238. The summed E-state index contributed by atoms with van der Waals surface area (Å²) in [4.78, 5) is 4.72. The highest BCUT2D eigenvalue weighted by Gasteiger charge is 2.20. The van der Waals surface area contributed by atoms with E-state index in [0.29, 0.717) is 18.0 Å². The van der Waals surface area contributed by atoms with E-state index >= 15 is 0 Å². The lowest BCUT2D eigenvalue weighted by Gasteiger charge is -2.35. The lowest BCUT2D eigenvalue weighted by atomic mass is 10.1. The van der Waals surface area contributed by atoms with Crippen LogP contribution in [0.25, 0.3) is 0 Å². The summed E-state index contributed by atoms with van der Waals surface area (Å²) in [6.07, 6.45) is 2.09. The van der Waals surface area contributed by atoms with E-state index in [-0.39, 0.29) is 6.61 Å². The van der Waals surface area contributed by atoms with Crippen molar-refractivity contribution in [2.75, 3.05) is 46.4 Å². The highest BCUT2D eigenvalue weighted by molar-refractivity contribution is 6.30. The van der Waals surface area contributed by atoms with Gasteiger partial charge in [-0.1, -0.05) is 35.9 Å². The third-order valence-electron chi connectivity index (χ3n) is 5.29. The van der Waals surface area contributed by atoms with Gasteiger partial charge in [-0.15, -0.1) is 6.58 Å². The number of allylic oxidation sites excluding steroid dienone is 1. The Morgan fingerprint density at radius 2 is 1.70 bits per heavy atom. The Bertz CT molecular complexity index is 805. The molecule has 0 bridgehead atoms. The molecule has 1 atom stereocenters. The van der Waals surface area contributed by atoms with E-state index in [0.717, 1.165) is 49.7 Å². The molecule has 0 amide bonds. The van der Waals surface area contributed by atoms with E-state index in [4.69, 9.17) is 21.1 Å². The number of aliphatic hydroxyl groups is 1. The average Bonchev–Trinajstić information content (AvgIpc) is 2.76. The average molecular weight is 431 g/mol. The molecule has 6 heteroatoms. The van der Waals surface area contributed by atoms with Crippen LogP contribution in [-0.2, 0) is 13.0 Å². The fraction of sp³-hybridized carbons (Fsp3) is 0.417. The summed E-state index contributed by atoms with van der Waals surface area (Å²) >= 11 is 5.96. The van der Waals surface area contributed by atoms with Crippen molar-refractivity contribution < 1.29 is 14.6 Å². The van der Waals surface area contributed by atoms with Gasteiger partial charge in [0.2, 0.25) is 0 Å². The number of ether oxygens (including phenoxy) is 2. The zero-order chi connectivity index (χ0) is 21.3. The molecule has 2 aromatic rings. The molecular weight excluding hydrogens is 400 g/mol. The summed E-state index contributed by atoms with van der Waals surface area (Å²) in [6.45, 7) is 9.36. The second-order valence-corrected chi connectivity index (χ2v) is 8.08. The Morgan fingerprint density at radius 3 is 2.37 bits per heavy atom. The number of rotatable bonds is 10. The van der Waals surface area contributed by atoms with Crippen LogP contribution >= 0.6 is 11.6 Å². The van der Waals surface area contributed by atoms with Crippen molar-refractivity contribution in [1.82, 2.24) is 9.80 Å². The van der Waals surface area contributed by atoms with Crippen molar-refractivity contribution in [3.05, 3.63) is 71.3 Å². The molecule has 1 aliphatic heterocycles. The lowest BCUT2D eigenvalue weighted by Crippen LogP contribution is -2.48. The largest absolute Gasteiger partial charge is 0.493 e. The van der Waals surface area contributed by atoms with Crippen LogP contribution in [0.1, 0.15) is 11.1 Å². The maximum Gasteiger partial charge on any atom is 0.161 e. The van der Waals surface area contributed by atoms with Gasteiger partial charge in [0.05, 0.1) is 7.11 Å². The maximum atomic E-state index is 10.4. The molecule has 0 aliphatic carbocycles. The number of benzene rings is 2. The molecule has 162 valence electrons. The van der Waals surface area contributed by atoms with Crippen LogP contribution in [0.3, 0.4) is 0 Å². The Morgan fingerprint density at radius 1 is 1.03 bits per heavy atom. The van der Waals surface area contributed by atoms with Gasteiger partial charge < -0.3 is 14.6 Å². The summed E-state index contributed by atoms with van der Waals surface area (Å²) in [5, 5.41) is 11.2. The van der Waals surface area contributed by atoms with E-state index in [1.54, 1.807) is 7.11 Å².